The highest BCUT2D eigenvalue weighted by Crippen LogP contribution is 2.24. The van der Waals surface area contributed by atoms with Crippen molar-refractivity contribution in [1.29, 1.82) is 0 Å². The highest BCUT2D eigenvalue weighted by Gasteiger charge is 2.25. The zero-order valence-electron chi connectivity index (χ0n) is 16.2. The van der Waals surface area contributed by atoms with Gasteiger partial charge in [0.2, 0.25) is 11.8 Å². The van der Waals surface area contributed by atoms with Gasteiger partial charge in [-0.3, -0.25) is 9.59 Å². The largest absolute Gasteiger partial charge is 0.357 e. The summed E-state index contributed by atoms with van der Waals surface area (Å²) in [5.74, 6) is -0.398. The molecule has 2 amide bonds. The molecule has 0 spiro atoms. The Labute approximate surface area is 174 Å². The van der Waals surface area contributed by atoms with Crippen molar-refractivity contribution in [3.63, 3.8) is 0 Å². The number of amides is 2. The highest BCUT2D eigenvalue weighted by molar-refractivity contribution is 7.99. The number of hydrogen-bond acceptors (Lipinski definition) is 3. The molecule has 0 radical (unpaired) electrons. The molecule has 1 atom stereocenters. The Morgan fingerprint density at radius 2 is 1.93 bits per heavy atom. The van der Waals surface area contributed by atoms with Gasteiger partial charge in [0.15, 0.2) is 0 Å². The second kappa shape index (κ2) is 10.5. The van der Waals surface area contributed by atoms with Crippen LogP contribution in [0, 0.1) is 12.7 Å². The van der Waals surface area contributed by atoms with Crippen molar-refractivity contribution in [3.05, 3.63) is 70.0 Å². The Kier molecular flexibility index (Phi) is 8.33. The van der Waals surface area contributed by atoms with Gasteiger partial charge in [0.05, 0.1) is 5.75 Å². The molecule has 0 fully saturated rings. The SMILES string of the molecule is CNC(=O)[C@H](C)N(Cc1ccccc1C)C(=O)CSCc1c(F)cccc1Cl. The Bertz CT molecular complexity index is 827. The number of hydrogen-bond donors (Lipinski definition) is 1. The van der Waals surface area contributed by atoms with E-state index in [1.54, 1.807) is 31.0 Å². The smallest absolute Gasteiger partial charge is 0.242 e. The predicted octanol–water partition coefficient (Wildman–Crippen LogP) is 4.18. The van der Waals surface area contributed by atoms with E-state index in [9.17, 15) is 14.0 Å². The van der Waals surface area contributed by atoms with Crippen molar-refractivity contribution in [1.82, 2.24) is 10.2 Å². The minimum atomic E-state index is -0.616. The molecule has 2 aromatic rings. The van der Waals surface area contributed by atoms with E-state index in [0.717, 1.165) is 11.1 Å². The third-order valence-electron chi connectivity index (χ3n) is 4.55. The van der Waals surface area contributed by atoms with Crippen molar-refractivity contribution in [2.75, 3.05) is 12.8 Å². The van der Waals surface area contributed by atoms with Crippen molar-refractivity contribution < 1.29 is 14.0 Å². The summed E-state index contributed by atoms with van der Waals surface area (Å²) in [6, 6.07) is 11.7. The number of nitrogens with zero attached hydrogens (tertiary/aromatic N) is 1. The maximum Gasteiger partial charge on any atom is 0.242 e. The fourth-order valence-electron chi connectivity index (χ4n) is 2.76. The Morgan fingerprint density at radius 3 is 2.57 bits per heavy atom. The zero-order valence-corrected chi connectivity index (χ0v) is 17.7. The van der Waals surface area contributed by atoms with Crippen molar-refractivity contribution in [3.8, 4) is 0 Å². The van der Waals surface area contributed by atoms with Crippen molar-refractivity contribution >= 4 is 35.2 Å². The lowest BCUT2D eigenvalue weighted by atomic mass is 10.1. The zero-order chi connectivity index (χ0) is 20.7. The maximum atomic E-state index is 13.9. The monoisotopic (exact) mass is 422 g/mol. The number of likely N-dealkylation sites (N-methyl/N-ethyl adjacent to an activating group) is 1. The summed E-state index contributed by atoms with van der Waals surface area (Å²) < 4.78 is 13.9. The van der Waals surface area contributed by atoms with Gasteiger partial charge in [0, 0.05) is 29.9 Å². The van der Waals surface area contributed by atoms with E-state index < -0.39 is 6.04 Å². The quantitative estimate of drug-likeness (QED) is 0.694. The van der Waals surface area contributed by atoms with Crippen LogP contribution in [0.15, 0.2) is 42.5 Å². The fraction of sp³-hybridized carbons (Fsp3) is 0.333. The van der Waals surface area contributed by atoms with Crippen LogP contribution >= 0.6 is 23.4 Å². The average molecular weight is 423 g/mol. The van der Waals surface area contributed by atoms with E-state index >= 15 is 0 Å². The molecule has 0 saturated heterocycles. The van der Waals surface area contributed by atoms with Crippen molar-refractivity contribution in [2.45, 2.75) is 32.2 Å². The molecule has 0 unspecified atom stereocenters. The van der Waals surface area contributed by atoms with Gasteiger partial charge in [-0.25, -0.2) is 4.39 Å². The van der Waals surface area contributed by atoms with Gasteiger partial charge in [0.1, 0.15) is 11.9 Å². The summed E-state index contributed by atoms with van der Waals surface area (Å²) in [6.45, 7) is 4.01. The van der Waals surface area contributed by atoms with Gasteiger partial charge in [-0.05, 0) is 37.1 Å². The number of nitrogens with one attached hydrogen (secondary N) is 1. The summed E-state index contributed by atoms with van der Waals surface area (Å²) in [6.07, 6.45) is 0. The molecule has 2 aromatic carbocycles. The number of carbonyl (C=O) groups is 2. The van der Waals surface area contributed by atoms with E-state index in [-0.39, 0.29) is 29.1 Å². The predicted molar refractivity (Wildman–Crippen MR) is 113 cm³/mol. The minimum Gasteiger partial charge on any atom is -0.357 e. The fourth-order valence-corrected chi connectivity index (χ4v) is 4.01. The van der Waals surface area contributed by atoms with E-state index in [4.69, 9.17) is 11.6 Å². The molecule has 7 heteroatoms. The molecule has 0 heterocycles. The van der Waals surface area contributed by atoms with Crippen LogP contribution in [0.3, 0.4) is 0 Å². The topological polar surface area (TPSA) is 49.4 Å². The summed E-state index contributed by atoms with van der Waals surface area (Å²) in [5, 5.41) is 2.93. The number of benzene rings is 2. The van der Waals surface area contributed by atoms with Crippen molar-refractivity contribution in [2.24, 2.45) is 0 Å². The van der Waals surface area contributed by atoms with Crippen LogP contribution < -0.4 is 5.32 Å². The molecule has 0 aliphatic carbocycles. The van der Waals surface area contributed by atoms with Crippen LogP contribution in [-0.4, -0.2) is 35.6 Å². The van der Waals surface area contributed by atoms with E-state index in [1.165, 1.54) is 17.8 Å². The number of thioether (sulfide) groups is 1. The van der Waals surface area contributed by atoms with Crippen LogP contribution in [0.2, 0.25) is 5.02 Å². The molecule has 0 aliphatic heterocycles. The number of aryl methyl sites for hydroxylation is 1. The lowest BCUT2D eigenvalue weighted by Gasteiger charge is -2.29. The van der Waals surface area contributed by atoms with Gasteiger partial charge in [-0.15, -0.1) is 11.8 Å². The highest BCUT2D eigenvalue weighted by atomic mass is 35.5. The van der Waals surface area contributed by atoms with E-state index in [0.29, 0.717) is 17.1 Å². The first-order valence-electron chi connectivity index (χ1n) is 8.91. The first-order valence-corrected chi connectivity index (χ1v) is 10.4. The number of carbonyl (C=O) groups excluding carboxylic acids is 2. The molecule has 0 aromatic heterocycles. The molecule has 0 aliphatic rings. The van der Waals surface area contributed by atoms with Crippen LogP contribution in [0.5, 0.6) is 0 Å². The second-order valence-corrected chi connectivity index (χ2v) is 7.82. The van der Waals surface area contributed by atoms with Crippen LogP contribution in [0.1, 0.15) is 23.6 Å². The number of rotatable bonds is 8. The standard InChI is InChI=1S/C21H24ClFN2O2S/c1-14-7-4-5-8-16(14)11-25(15(2)21(27)24-3)20(26)13-28-12-17-18(22)9-6-10-19(17)23/h4-10,15H,11-13H2,1-3H3,(H,24,27)/t15-/m0/s1. The molecule has 2 rings (SSSR count). The Hall–Kier alpha value is -2.05. The van der Waals surface area contributed by atoms with Crippen LogP contribution in [-0.2, 0) is 21.9 Å². The molecular formula is C21H24ClFN2O2S. The first kappa shape index (κ1) is 22.2. The molecule has 150 valence electrons. The van der Waals surface area contributed by atoms with Crippen LogP contribution in [0.4, 0.5) is 4.39 Å². The molecule has 4 nitrogen and oxygen atoms in total. The van der Waals surface area contributed by atoms with Gasteiger partial charge >= 0.3 is 0 Å². The van der Waals surface area contributed by atoms with E-state index in [1.807, 2.05) is 31.2 Å². The first-order chi connectivity index (χ1) is 13.3. The average Bonchev–Trinajstić information content (AvgIpc) is 2.68. The third-order valence-corrected chi connectivity index (χ3v) is 5.85. The van der Waals surface area contributed by atoms with Gasteiger partial charge < -0.3 is 10.2 Å². The summed E-state index contributed by atoms with van der Waals surface area (Å²) in [4.78, 5) is 26.6. The molecule has 0 saturated carbocycles. The summed E-state index contributed by atoms with van der Waals surface area (Å²) in [7, 11) is 1.55. The van der Waals surface area contributed by atoms with Gasteiger partial charge in [0.25, 0.3) is 0 Å². The van der Waals surface area contributed by atoms with Crippen LogP contribution in [0.25, 0.3) is 0 Å². The molecule has 0 bridgehead atoms. The van der Waals surface area contributed by atoms with E-state index in [2.05, 4.69) is 5.32 Å². The van der Waals surface area contributed by atoms with Gasteiger partial charge in [-0.2, -0.15) is 0 Å². The summed E-state index contributed by atoms with van der Waals surface area (Å²) >= 11 is 7.32. The lowest BCUT2D eigenvalue weighted by molar-refractivity contribution is -0.138. The Morgan fingerprint density at radius 1 is 1.21 bits per heavy atom. The molecule has 28 heavy (non-hydrogen) atoms. The lowest BCUT2D eigenvalue weighted by Crippen LogP contribution is -2.47. The third kappa shape index (κ3) is 5.72. The minimum absolute atomic E-state index is 0.123. The van der Waals surface area contributed by atoms with Gasteiger partial charge in [-0.1, -0.05) is 41.9 Å². The maximum absolute atomic E-state index is 13.9. The molecular weight excluding hydrogens is 399 g/mol. The summed E-state index contributed by atoms with van der Waals surface area (Å²) in [5.41, 5.74) is 2.41. The second-order valence-electron chi connectivity index (χ2n) is 6.43. The Balaban J connectivity index is 2.10. The normalized spacial score (nSPS) is 11.8. The number of halogens is 2. The molecule has 1 N–H and O–H groups in total.